The molecule has 0 amide bonds. The third kappa shape index (κ3) is 1.48. The van der Waals surface area contributed by atoms with Gasteiger partial charge < -0.3 is 4.74 Å². The second-order valence-electron chi connectivity index (χ2n) is 2.68. The van der Waals surface area contributed by atoms with Crippen LogP contribution in [0.1, 0.15) is 20.3 Å². The highest BCUT2D eigenvalue weighted by Gasteiger charge is 2.39. The predicted molar refractivity (Wildman–Crippen MR) is 41.8 cm³/mol. The number of cyclic esters (lactones) is 2. The minimum atomic E-state index is -0.544. The minimum absolute atomic E-state index is 0.406. The number of ether oxygens (including phenoxy) is 1. The van der Waals surface area contributed by atoms with Gasteiger partial charge in [-0.15, -0.1) is 5.92 Å². The van der Waals surface area contributed by atoms with Crippen LogP contribution in [0.5, 0.6) is 0 Å². The van der Waals surface area contributed by atoms with Gasteiger partial charge in [-0.05, 0) is 0 Å². The van der Waals surface area contributed by atoms with Crippen molar-refractivity contribution in [1.82, 2.24) is 0 Å². The quantitative estimate of drug-likeness (QED) is 0.303. The van der Waals surface area contributed by atoms with Crippen LogP contribution in [-0.2, 0) is 14.3 Å². The Morgan fingerprint density at radius 2 is 2.08 bits per heavy atom. The molecule has 3 nitrogen and oxygen atoms in total. The Labute approximate surface area is 71.1 Å². The zero-order chi connectivity index (χ0) is 9.14. The summed E-state index contributed by atoms with van der Waals surface area (Å²) in [4.78, 5) is 21.8. The average Bonchev–Trinajstić information content (AvgIpc) is 2.25. The van der Waals surface area contributed by atoms with Crippen molar-refractivity contribution in [2.45, 2.75) is 20.3 Å². The van der Waals surface area contributed by atoms with Gasteiger partial charge >= 0.3 is 11.9 Å². The van der Waals surface area contributed by atoms with Crippen LogP contribution in [0.2, 0.25) is 0 Å². The molecule has 0 saturated carbocycles. The first-order valence-electron chi connectivity index (χ1n) is 3.90. The molecule has 0 spiro atoms. The summed E-state index contributed by atoms with van der Waals surface area (Å²) in [5.41, 5.74) is 0. The maximum Gasteiger partial charge on any atom is 0.329 e. The van der Waals surface area contributed by atoms with E-state index in [2.05, 4.69) is 16.6 Å². The molecule has 0 aromatic heterocycles. The maximum absolute atomic E-state index is 11.0. The third-order valence-corrected chi connectivity index (χ3v) is 1.76. The molecule has 0 aromatic rings. The Morgan fingerprint density at radius 1 is 1.42 bits per heavy atom. The molecular formula is C9H10O3. The zero-order valence-electron chi connectivity index (χ0n) is 7.09. The lowest BCUT2D eigenvalue weighted by Crippen LogP contribution is -2.12. The highest BCUT2D eigenvalue weighted by Crippen LogP contribution is 2.21. The normalized spacial score (nSPS) is 27.8. The van der Waals surface area contributed by atoms with Crippen molar-refractivity contribution in [3.05, 3.63) is 0 Å². The van der Waals surface area contributed by atoms with Crippen LogP contribution in [0.25, 0.3) is 0 Å². The fourth-order valence-corrected chi connectivity index (χ4v) is 0.992. The molecule has 1 aliphatic heterocycles. The first-order chi connectivity index (χ1) is 5.66. The van der Waals surface area contributed by atoms with Gasteiger partial charge in [-0.25, -0.2) is 0 Å². The van der Waals surface area contributed by atoms with Crippen LogP contribution < -0.4 is 0 Å². The molecule has 0 N–H and O–H groups in total. The van der Waals surface area contributed by atoms with E-state index in [1.807, 2.05) is 6.92 Å². The monoisotopic (exact) mass is 166 g/mol. The Hall–Kier alpha value is -1.30. The minimum Gasteiger partial charge on any atom is -0.392 e. The molecule has 1 saturated heterocycles. The van der Waals surface area contributed by atoms with Gasteiger partial charge in [0.1, 0.15) is 5.92 Å². The van der Waals surface area contributed by atoms with Gasteiger partial charge in [-0.1, -0.05) is 19.8 Å². The van der Waals surface area contributed by atoms with Crippen molar-refractivity contribution < 1.29 is 14.3 Å². The van der Waals surface area contributed by atoms with Crippen LogP contribution in [0.15, 0.2) is 0 Å². The van der Waals surface area contributed by atoms with E-state index < -0.39 is 23.8 Å². The van der Waals surface area contributed by atoms with Crippen LogP contribution in [0.4, 0.5) is 0 Å². The SMILES string of the molecule is CCC#CC1C(=O)OC(=O)C1C. The Bertz CT molecular complexity index is 269. The zero-order valence-corrected chi connectivity index (χ0v) is 7.09. The summed E-state index contributed by atoms with van der Waals surface area (Å²) in [5, 5.41) is 0. The molecule has 1 rings (SSSR count). The van der Waals surface area contributed by atoms with Crippen molar-refractivity contribution in [3.8, 4) is 11.8 Å². The van der Waals surface area contributed by atoms with E-state index >= 15 is 0 Å². The molecule has 0 aromatic carbocycles. The molecule has 64 valence electrons. The van der Waals surface area contributed by atoms with E-state index in [1.54, 1.807) is 6.92 Å². The Morgan fingerprint density at radius 3 is 2.50 bits per heavy atom. The van der Waals surface area contributed by atoms with E-state index in [0.29, 0.717) is 6.42 Å². The van der Waals surface area contributed by atoms with E-state index in [-0.39, 0.29) is 0 Å². The second-order valence-corrected chi connectivity index (χ2v) is 2.68. The van der Waals surface area contributed by atoms with Crippen molar-refractivity contribution in [2.24, 2.45) is 11.8 Å². The molecular weight excluding hydrogens is 156 g/mol. The number of esters is 2. The van der Waals surface area contributed by atoms with Crippen molar-refractivity contribution >= 4 is 11.9 Å². The van der Waals surface area contributed by atoms with Crippen molar-refractivity contribution in [1.29, 1.82) is 0 Å². The highest BCUT2D eigenvalue weighted by atomic mass is 16.6. The molecule has 0 radical (unpaired) electrons. The van der Waals surface area contributed by atoms with E-state index in [9.17, 15) is 9.59 Å². The first-order valence-corrected chi connectivity index (χ1v) is 3.90. The van der Waals surface area contributed by atoms with Crippen LogP contribution in [0, 0.1) is 23.7 Å². The number of carbonyl (C=O) groups is 2. The standard InChI is InChI=1S/C9H10O3/c1-3-4-5-7-6(2)8(10)12-9(7)11/h6-7H,3H2,1-2H3. The fraction of sp³-hybridized carbons (Fsp3) is 0.556. The summed E-state index contributed by atoms with van der Waals surface area (Å²) in [7, 11) is 0. The molecule has 0 bridgehead atoms. The lowest BCUT2D eigenvalue weighted by atomic mass is 9.98. The molecule has 12 heavy (non-hydrogen) atoms. The summed E-state index contributed by atoms with van der Waals surface area (Å²) in [6.45, 7) is 3.54. The van der Waals surface area contributed by atoms with Gasteiger partial charge in [0.2, 0.25) is 0 Å². The molecule has 1 fully saturated rings. The molecule has 1 heterocycles. The third-order valence-electron chi connectivity index (χ3n) is 1.76. The summed E-state index contributed by atoms with van der Waals surface area (Å²) < 4.78 is 4.40. The first kappa shape index (κ1) is 8.79. The van der Waals surface area contributed by atoms with E-state index in [0.717, 1.165) is 0 Å². The smallest absolute Gasteiger partial charge is 0.329 e. The van der Waals surface area contributed by atoms with Gasteiger partial charge in [0.25, 0.3) is 0 Å². The summed E-state index contributed by atoms with van der Waals surface area (Å²) in [6.07, 6.45) is 0.685. The second kappa shape index (κ2) is 3.40. The molecule has 1 aliphatic rings. The Kier molecular flexibility index (Phi) is 2.49. The van der Waals surface area contributed by atoms with Gasteiger partial charge in [0.05, 0.1) is 5.92 Å². The lowest BCUT2D eigenvalue weighted by molar-refractivity contribution is -0.153. The van der Waals surface area contributed by atoms with Crippen LogP contribution in [-0.4, -0.2) is 11.9 Å². The van der Waals surface area contributed by atoms with Crippen molar-refractivity contribution in [2.75, 3.05) is 0 Å². The molecule has 2 atom stereocenters. The number of hydrogen-bond donors (Lipinski definition) is 0. The molecule has 3 heteroatoms. The average molecular weight is 166 g/mol. The van der Waals surface area contributed by atoms with Crippen LogP contribution in [0.3, 0.4) is 0 Å². The lowest BCUT2D eigenvalue weighted by Gasteiger charge is -1.97. The Balaban J connectivity index is 2.76. The summed E-state index contributed by atoms with van der Waals surface area (Å²) in [6, 6.07) is 0. The van der Waals surface area contributed by atoms with Gasteiger partial charge in [-0.2, -0.15) is 0 Å². The van der Waals surface area contributed by atoms with Gasteiger partial charge in [-0.3, -0.25) is 9.59 Å². The van der Waals surface area contributed by atoms with Gasteiger partial charge in [0, 0.05) is 6.42 Å². The summed E-state index contributed by atoms with van der Waals surface area (Å²) >= 11 is 0. The fourth-order valence-electron chi connectivity index (χ4n) is 0.992. The molecule has 0 aliphatic carbocycles. The van der Waals surface area contributed by atoms with Crippen molar-refractivity contribution in [3.63, 3.8) is 0 Å². The number of rotatable bonds is 0. The number of hydrogen-bond acceptors (Lipinski definition) is 3. The van der Waals surface area contributed by atoms with Crippen LogP contribution >= 0.6 is 0 Å². The predicted octanol–water partition coefficient (Wildman–Crippen LogP) is 0.735. The largest absolute Gasteiger partial charge is 0.392 e. The number of carbonyl (C=O) groups excluding carboxylic acids is 2. The van der Waals surface area contributed by atoms with E-state index in [4.69, 9.17) is 0 Å². The van der Waals surface area contributed by atoms with Gasteiger partial charge in [0.15, 0.2) is 0 Å². The maximum atomic E-state index is 11.0. The molecule has 2 unspecified atom stereocenters. The highest BCUT2D eigenvalue weighted by molar-refractivity contribution is 5.97. The van der Waals surface area contributed by atoms with E-state index in [1.165, 1.54) is 0 Å². The summed E-state index contributed by atoms with van der Waals surface area (Å²) in [5.74, 6) is 3.57. The topological polar surface area (TPSA) is 43.4 Å².